The van der Waals surface area contributed by atoms with Crippen LogP contribution >= 0.6 is 0 Å². The lowest BCUT2D eigenvalue weighted by Gasteiger charge is -2.34. The van der Waals surface area contributed by atoms with Crippen molar-refractivity contribution in [1.82, 2.24) is 9.80 Å². The Morgan fingerprint density at radius 3 is 2.38 bits per heavy atom. The molecule has 1 aromatic carbocycles. The Hall–Kier alpha value is -2.57. The highest BCUT2D eigenvalue weighted by molar-refractivity contribution is 5.86. The fourth-order valence-corrected chi connectivity index (χ4v) is 3.65. The quantitative estimate of drug-likeness (QED) is 0.857. The highest BCUT2D eigenvalue weighted by Gasteiger charge is 2.38. The van der Waals surface area contributed by atoms with Crippen LogP contribution < -0.4 is 4.74 Å². The number of hydrogen-bond donors (Lipinski definition) is 1. The number of benzene rings is 1. The van der Waals surface area contributed by atoms with Crippen molar-refractivity contribution in [1.29, 1.82) is 0 Å². The predicted octanol–water partition coefficient (Wildman–Crippen LogP) is 1.38. The number of likely N-dealkylation sites (tertiary alicyclic amines) is 2. The maximum absolute atomic E-state index is 12.6. The van der Waals surface area contributed by atoms with E-state index in [4.69, 9.17) is 4.74 Å². The van der Waals surface area contributed by atoms with Crippen LogP contribution in [0.3, 0.4) is 0 Å². The monoisotopic (exact) mass is 360 g/mol. The Morgan fingerprint density at radius 1 is 1.04 bits per heavy atom. The maximum atomic E-state index is 12.6. The van der Waals surface area contributed by atoms with Gasteiger partial charge in [-0.1, -0.05) is 18.2 Å². The molecule has 0 spiro atoms. The van der Waals surface area contributed by atoms with Gasteiger partial charge in [-0.25, -0.2) is 4.79 Å². The summed E-state index contributed by atoms with van der Waals surface area (Å²) in [6.07, 6.45) is 2.39. The normalized spacial score (nSPS) is 20.8. The van der Waals surface area contributed by atoms with Gasteiger partial charge in [-0.05, 0) is 37.8 Å². The summed E-state index contributed by atoms with van der Waals surface area (Å²) in [5, 5.41) is 9.24. The molecule has 2 aliphatic heterocycles. The van der Waals surface area contributed by atoms with Crippen molar-refractivity contribution < 1.29 is 24.2 Å². The van der Waals surface area contributed by atoms with Gasteiger partial charge < -0.3 is 19.6 Å². The first-order valence-electron chi connectivity index (χ1n) is 9.05. The van der Waals surface area contributed by atoms with E-state index in [9.17, 15) is 19.5 Å². The van der Waals surface area contributed by atoms with Gasteiger partial charge in [-0.3, -0.25) is 9.59 Å². The van der Waals surface area contributed by atoms with Crippen LogP contribution in [-0.2, 0) is 14.4 Å². The van der Waals surface area contributed by atoms with E-state index in [0.29, 0.717) is 44.6 Å². The average molecular weight is 360 g/mol. The van der Waals surface area contributed by atoms with Gasteiger partial charge in [0.1, 0.15) is 11.8 Å². The molecule has 0 radical (unpaired) electrons. The number of carboxylic acid groups (broad SMARTS) is 1. The molecule has 0 aromatic heterocycles. The molecule has 140 valence electrons. The summed E-state index contributed by atoms with van der Waals surface area (Å²) in [5.74, 6) is -0.651. The first kappa shape index (κ1) is 18.2. The van der Waals surface area contributed by atoms with Gasteiger partial charge in [0.15, 0.2) is 6.61 Å². The van der Waals surface area contributed by atoms with Crippen LogP contribution in [0.1, 0.15) is 25.7 Å². The molecule has 1 unspecified atom stereocenters. The highest BCUT2D eigenvalue weighted by atomic mass is 16.5. The summed E-state index contributed by atoms with van der Waals surface area (Å²) in [5.41, 5.74) is 0. The van der Waals surface area contributed by atoms with Gasteiger partial charge in [-0.2, -0.15) is 0 Å². The summed E-state index contributed by atoms with van der Waals surface area (Å²) >= 11 is 0. The molecule has 26 heavy (non-hydrogen) atoms. The number of carbonyl (C=O) groups excluding carboxylic acids is 2. The van der Waals surface area contributed by atoms with Crippen LogP contribution in [0.25, 0.3) is 0 Å². The Bertz CT molecular complexity index is 655. The van der Waals surface area contributed by atoms with Crippen molar-refractivity contribution in [2.75, 3.05) is 26.2 Å². The number of hydrogen-bond acceptors (Lipinski definition) is 4. The molecule has 2 saturated heterocycles. The van der Waals surface area contributed by atoms with Gasteiger partial charge >= 0.3 is 5.97 Å². The second kappa shape index (κ2) is 8.21. The molecule has 2 amide bonds. The van der Waals surface area contributed by atoms with Crippen molar-refractivity contribution in [3.8, 4) is 5.75 Å². The fourth-order valence-electron chi connectivity index (χ4n) is 3.65. The molecule has 2 fully saturated rings. The van der Waals surface area contributed by atoms with Crippen LogP contribution in [0.4, 0.5) is 0 Å². The number of carbonyl (C=O) groups is 3. The summed E-state index contributed by atoms with van der Waals surface area (Å²) in [6.45, 7) is 1.49. The number of carboxylic acids is 1. The molecule has 1 N–H and O–H groups in total. The van der Waals surface area contributed by atoms with Crippen LogP contribution in [0.5, 0.6) is 5.75 Å². The minimum absolute atomic E-state index is 0.0180. The second-order valence-corrected chi connectivity index (χ2v) is 6.78. The molecular formula is C19H24N2O5. The van der Waals surface area contributed by atoms with Crippen LogP contribution in [0, 0.1) is 5.92 Å². The molecule has 1 atom stereocenters. The summed E-state index contributed by atoms with van der Waals surface area (Å²) in [6, 6.07) is 8.48. The lowest BCUT2D eigenvalue weighted by atomic mass is 9.95. The third kappa shape index (κ3) is 4.15. The van der Waals surface area contributed by atoms with E-state index in [1.165, 1.54) is 4.90 Å². The number of ether oxygens (including phenoxy) is 1. The molecule has 0 bridgehead atoms. The minimum Gasteiger partial charge on any atom is -0.484 e. The van der Waals surface area contributed by atoms with Crippen molar-refractivity contribution in [3.05, 3.63) is 30.3 Å². The lowest BCUT2D eigenvalue weighted by Crippen LogP contribution is -2.48. The third-order valence-corrected chi connectivity index (χ3v) is 5.12. The van der Waals surface area contributed by atoms with Crippen LogP contribution in [0.2, 0.25) is 0 Å². The number of amides is 2. The smallest absolute Gasteiger partial charge is 0.326 e. The van der Waals surface area contributed by atoms with E-state index in [2.05, 4.69) is 0 Å². The molecule has 7 heteroatoms. The van der Waals surface area contributed by atoms with E-state index in [-0.39, 0.29) is 24.3 Å². The number of para-hydroxylation sites is 1. The van der Waals surface area contributed by atoms with Crippen LogP contribution in [0.15, 0.2) is 30.3 Å². The molecule has 0 saturated carbocycles. The van der Waals surface area contributed by atoms with Gasteiger partial charge in [0.05, 0.1) is 0 Å². The average Bonchev–Trinajstić information content (AvgIpc) is 3.16. The van der Waals surface area contributed by atoms with E-state index >= 15 is 0 Å². The molecule has 2 aliphatic rings. The van der Waals surface area contributed by atoms with Gasteiger partial charge in [-0.15, -0.1) is 0 Å². The third-order valence-electron chi connectivity index (χ3n) is 5.12. The number of aliphatic carboxylic acids is 1. The van der Waals surface area contributed by atoms with Gasteiger partial charge in [0, 0.05) is 25.6 Å². The summed E-state index contributed by atoms with van der Waals surface area (Å²) < 4.78 is 5.49. The van der Waals surface area contributed by atoms with Gasteiger partial charge in [0.25, 0.3) is 5.91 Å². The number of piperidine rings is 1. The zero-order valence-corrected chi connectivity index (χ0v) is 14.7. The number of rotatable bonds is 5. The van der Waals surface area contributed by atoms with Crippen molar-refractivity contribution in [2.45, 2.75) is 31.7 Å². The molecular weight excluding hydrogens is 336 g/mol. The Kier molecular flexibility index (Phi) is 5.75. The van der Waals surface area contributed by atoms with Crippen molar-refractivity contribution in [2.24, 2.45) is 5.92 Å². The maximum Gasteiger partial charge on any atom is 0.326 e. The molecule has 2 heterocycles. The second-order valence-electron chi connectivity index (χ2n) is 6.78. The summed E-state index contributed by atoms with van der Waals surface area (Å²) in [4.78, 5) is 39.4. The summed E-state index contributed by atoms with van der Waals surface area (Å²) in [7, 11) is 0. The topological polar surface area (TPSA) is 87.2 Å². The molecule has 0 aliphatic carbocycles. The van der Waals surface area contributed by atoms with Crippen LogP contribution in [-0.4, -0.2) is 65.0 Å². The minimum atomic E-state index is -0.929. The van der Waals surface area contributed by atoms with Gasteiger partial charge in [0.2, 0.25) is 5.91 Å². The largest absolute Gasteiger partial charge is 0.484 e. The first-order chi connectivity index (χ1) is 12.6. The first-order valence-corrected chi connectivity index (χ1v) is 9.05. The zero-order chi connectivity index (χ0) is 18.5. The van der Waals surface area contributed by atoms with E-state index in [1.807, 2.05) is 18.2 Å². The standard InChI is InChI=1S/C19H24N2O5/c22-17(13-26-15-5-2-1-3-6-15)20-11-8-14(9-12-20)18(23)21-10-4-7-16(21)19(24)25/h1-3,5-6,14,16H,4,7-13H2,(H,24,25). The highest BCUT2D eigenvalue weighted by Crippen LogP contribution is 2.25. The fraction of sp³-hybridized carbons (Fsp3) is 0.526. The Morgan fingerprint density at radius 2 is 1.73 bits per heavy atom. The molecule has 7 nitrogen and oxygen atoms in total. The lowest BCUT2D eigenvalue weighted by molar-refractivity contribution is -0.151. The Balaban J connectivity index is 1.47. The van der Waals surface area contributed by atoms with E-state index in [1.54, 1.807) is 17.0 Å². The Labute approximate surface area is 152 Å². The SMILES string of the molecule is O=C(O)C1CCCN1C(=O)C1CCN(C(=O)COc2ccccc2)CC1. The molecule has 3 rings (SSSR count). The predicted molar refractivity (Wildman–Crippen MR) is 93.6 cm³/mol. The van der Waals surface area contributed by atoms with E-state index < -0.39 is 12.0 Å². The van der Waals surface area contributed by atoms with Crippen molar-refractivity contribution >= 4 is 17.8 Å². The van der Waals surface area contributed by atoms with Crippen molar-refractivity contribution in [3.63, 3.8) is 0 Å². The molecule has 1 aromatic rings. The number of nitrogens with zero attached hydrogens (tertiary/aromatic N) is 2. The van der Waals surface area contributed by atoms with E-state index in [0.717, 1.165) is 6.42 Å². The zero-order valence-electron chi connectivity index (χ0n) is 14.7.